The summed E-state index contributed by atoms with van der Waals surface area (Å²) in [6.07, 6.45) is 8.62. The van der Waals surface area contributed by atoms with Gasteiger partial charge in [-0.15, -0.1) is 11.3 Å². The van der Waals surface area contributed by atoms with Gasteiger partial charge in [-0.2, -0.15) is 10.4 Å². The zero-order valence-electron chi connectivity index (χ0n) is 27.4. The molecule has 7 rings (SSSR count). The van der Waals surface area contributed by atoms with Crippen molar-refractivity contribution < 1.29 is 9.53 Å². The van der Waals surface area contributed by atoms with Crippen molar-refractivity contribution >= 4 is 57.9 Å². The third-order valence-electron chi connectivity index (χ3n) is 8.66. The number of rotatable bonds is 7. The topological polar surface area (TPSA) is 83.5 Å². The summed E-state index contributed by atoms with van der Waals surface area (Å²) in [6.45, 7) is 6.29. The first-order valence-electron chi connectivity index (χ1n) is 15.8. The van der Waals surface area contributed by atoms with E-state index in [0.717, 1.165) is 56.3 Å². The van der Waals surface area contributed by atoms with Crippen molar-refractivity contribution in [3.05, 3.63) is 146 Å². The molecule has 242 valence electrons. The second-order valence-corrected chi connectivity index (χ2v) is 13.9. The molecule has 1 aliphatic heterocycles. The molecule has 2 aromatic heterocycles. The number of anilines is 1. The number of para-hydroxylation sites is 1. The van der Waals surface area contributed by atoms with Crippen molar-refractivity contribution in [3.8, 4) is 17.5 Å². The lowest BCUT2D eigenvalue weighted by molar-refractivity contribution is -0.113. The third kappa shape index (κ3) is 5.92. The Kier molecular flexibility index (Phi) is 8.41. The molecule has 0 N–H and O–H groups in total. The largest absolute Gasteiger partial charge is 0.497 e. The summed E-state index contributed by atoms with van der Waals surface area (Å²) in [6, 6.07) is 29.3. The molecular weight excluding hydrogens is 650 g/mol. The van der Waals surface area contributed by atoms with Crippen molar-refractivity contribution in [1.29, 1.82) is 5.26 Å². The lowest BCUT2D eigenvalue weighted by Crippen LogP contribution is -2.32. The van der Waals surface area contributed by atoms with Crippen LogP contribution in [0.5, 0.6) is 5.75 Å². The summed E-state index contributed by atoms with van der Waals surface area (Å²) in [5, 5.41) is 16.4. The zero-order chi connectivity index (χ0) is 34.3. The SMILES string of the molecule is COc1ccc(/C=C2/N=C(c3ccccc3)N(c3sc4c(c3C#N)C=C(/C=C\c3c(C)nn(-c5ccccc5)c3Cl)CC4(C)C)C2=O)cc1. The first-order valence-corrected chi connectivity index (χ1v) is 17.0. The van der Waals surface area contributed by atoms with Gasteiger partial charge in [0, 0.05) is 27.0 Å². The van der Waals surface area contributed by atoms with E-state index in [1.54, 1.807) is 22.8 Å². The Labute approximate surface area is 294 Å². The molecule has 49 heavy (non-hydrogen) atoms. The van der Waals surface area contributed by atoms with E-state index >= 15 is 0 Å². The summed E-state index contributed by atoms with van der Waals surface area (Å²) in [5.74, 6) is 0.929. The number of hydrogen-bond acceptors (Lipinski definition) is 6. The summed E-state index contributed by atoms with van der Waals surface area (Å²) in [4.78, 5) is 21.7. The van der Waals surface area contributed by atoms with Crippen LogP contribution in [0.15, 0.2) is 107 Å². The predicted octanol–water partition coefficient (Wildman–Crippen LogP) is 9.39. The highest BCUT2D eigenvalue weighted by molar-refractivity contribution is 7.17. The lowest BCUT2D eigenvalue weighted by Gasteiger charge is -2.29. The van der Waals surface area contributed by atoms with Gasteiger partial charge in [-0.3, -0.25) is 4.79 Å². The highest BCUT2D eigenvalue weighted by Gasteiger charge is 2.40. The van der Waals surface area contributed by atoms with Gasteiger partial charge in [0.05, 0.1) is 24.1 Å². The van der Waals surface area contributed by atoms with Crippen LogP contribution in [0.3, 0.4) is 0 Å². The highest BCUT2D eigenvalue weighted by Crippen LogP contribution is 2.50. The summed E-state index contributed by atoms with van der Waals surface area (Å²) in [5.41, 5.74) is 6.46. The number of methoxy groups -OCH3 is 1. The first kappa shape index (κ1) is 32.1. The minimum atomic E-state index is -0.306. The molecule has 1 amide bonds. The van der Waals surface area contributed by atoms with Gasteiger partial charge in [0.2, 0.25) is 0 Å². The number of halogens is 1. The van der Waals surface area contributed by atoms with E-state index in [-0.39, 0.29) is 11.3 Å². The Bertz CT molecular complexity index is 2250. The fourth-order valence-electron chi connectivity index (χ4n) is 6.25. The van der Waals surface area contributed by atoms with Crippen molar-refractivity contribution in [2.75, 3.05) is 12.0 Å². The number of amidine groups is 1. The number of aryl methyl sites for hydroxylation is 1. The van der Waals surface area contributed by atoms with E-state index in [0.29, 0.717) is 27.3 Å². The number of amides is 1. The van der Waals surface area contributed by atoms with Gasteiger partial charge in [0.15, 0.2) is 0 Å². The smallest absolute Gasteiger partial charge is 0.283 e. The number of nitriles is 1. The molecule has 1 aliphatic carbocycles. The number of aliphatic imine (C=N–C) groups is 1. The van der Waals surface area contributed by atoms with Crippen LogP contribution >= 0.6 is 22.9 Å². The second kappa shape index (κ2) is 12.8. The molecule has 7 nitrogen and oxygen atoms in total. The van der Waals surface area contributed by atoms with Crippen LogP contribution in [0.1, 0.15) is 58.7 Å². The average Bonchev–Trinajstić information content (AvgIpc) is 3.74. The van der Waals surface area contributed by atoms with E-state index in [9.17, 15) is 10.1 Å². The van der Waals surface area contributed by atoms with Gasteiger partial charge < -0.3 is 4.74 Å². The molecule has 5 aromatic rings. The fourth-order valence-corrected chi connectivity index (χ4v) is 7.91. The van der Waals surface area contributed by atoms with Crippen molar-refractivity contribution in [2.24, 2.45) is 4.99 Å². The maximum absolute atomic E-state index is 14.2. The number of hydrogen-bond donors (Lipinski definition) is 0. The molecule has 2 aliphatic rings. The molecule has 0 unspecified atom stereocenters. The second-order valence-electron chi connectivity index (χ2n) is 12.5. The number of fused-ring (bicyclic) bond motifs is 1. The first-order chi connectivity index (χ1) is 23.7. The summed E-state index contributed by atoms with van der Waals surface area (Å²) < 4.78 is 7.03. The molecule has 0 atom stereocenters. The van der Waals surface area contributed by atoms with Crippen LogP contribution < -0.4 is 9.64 Å². The Balaban J connectivity index is 1.29. The van der Waals surface area contributed by atoms with E-state index in [2.05, 4.69) is 37.2 Å². The van der Waals surface area contributed by atoms with E-state index < -0.39 is 0 Å². The maximum atomic E-state index is 14.2. The average molecular weight is 682 g/mol. The van der Waals surface area contributed by atoms with Gasteiger partial charge in [-0.1, -0.05) is 92.2 Å². The summed E-state index contributed by atoms with van der Waals surface area (Å²) >= 11 is 8.31. The monoisotopic (exact) mass is 681 g/mol. The third-order valence-corrected chi connectivity index (χ3v) is 10.6. The van der Waals surface area contributed by atoms with E-state index in [4.69, 9.17) is 21.3 Å². The fraction of sp³-hybridized carbons (Fsp3) is 0.150. The van der Waals surface area contributed by atoms with E-state index in [1.165, 1.54) is 11.3 Å². The van der Waals surface area contributed by atoms with E-state index in [1.807, 2.05) is 97.9 Å². The Morgan fingerprint density at radius 3 is 2.37 bits per heavy atom. The van der Waals surface area contributed by atoms with Gasteiger partial charge in [0.1, 0.15) is 33.5 Å². The molecule has 3 aromatic carbocycles. The molecule has 0 bridgehead atoms. The minimum absolute atomic E-state index is 0.285. The minimum Gasteiger partial charge on any atom is -0.497 e. The van der Waals surface area contributed by atoms with Crippen LogP contribution in [-0.2, 0) is 10.2 Å². The maximum Gasteiger partial charge on any atom is 0.283 e. The van der Waals surface area contributed by atoms with Gasteiger partial charge in [0.25, 0.3) is 5.91 Å². The standard InChI is InChI=1S/C40H32ClN5O2S/c1-25-31(36(41)46(44-25)29-13-9-6-10-14-29)20-17-27-21-32-33(24-42)39(49-35(32)40(2,3)23-27)45-37(28-11-7-5-8-12-28)43-34(38(45)47)22-26-15-18-30(48-4)19-16-26/h5-22H,23H2,1-4H3/b20-17-,34-22+. The van der Waals surface area contributed by atoms with Crippen LogP contribution in [-0.4, -0.2) is 28.6 Å². The van der Waals surface area contributed by atoms with Gasteiger partial charge >= 0.3 is 0 Å². The van der Waals surface area contributed by atoms with Crippen LogP contribution in [0.25, 0.3) is 23.9 Å². The molecule has 0 fully saturated rings. The Hall–Kier alpha value is -5.49. The van der Waals surface area contributed by atoms with Crippen LogP contribution in [0.2, 0.25) is 5.15 Å². The van der Waals surface area contributed by atoms with Crippen molar-refractivity contribution in [3.63, 3.8) is 0 Å². The number of benzene rings is 3. The normalized spacial score (nSPS) is 16.1. The molecular formula is C40H32ClN5O2S. The predicted molar refractivity (Wildman–Crippen MR) is 198 cm³/mol. The number of aromatic nitrogens is 2. The highest BCUT2D eigenvalue weighted by atomic mass is 35.5. The number of carbonyl (C=O) groups excluding carboxylic acids is 1. The molecule has 0 saturated carbocycles. The lowest BCUT2D eigenvalue weighted by atomic mass is 9.77. The number of nitrogens with zero attached hydrogens (tertiary/aromatic N) is 5. The van der Waals surface area contributed by atoms with Gasteiger partial charge in [-0.05, 0) is 67.0 Å². The molecule has 0 saturated heterocycles. The Morgan fingerprint density at radius 2 is 1.69 bits per heavy atom. The molecule has 0 spiro atoms. The summed E-state index contributed by atoms with van der Waals surface area (Å²) in [7, 11) is 1.61. The van der Waals surface area contributed by atoms with Crippen molar-refractivity contribution in [1.82, 2.24) is 9.78 Å². The molecule has 3 heterocycles. The Morgan fingerprint density at radius 1 is 1.00 bits per heavy atom. The van der Waals surface area contributed by atoms with Crippen LogP contribution in [0, 0.1) is 18.3 Å². The van der Waals surface area contributed by atoms with Crippen LogP contribution in [0.4, 0.5) is 5.00 Å². The molecule has 9 heteroatoms. The quantitative estimate of drug-likeness (QED) is 0.160. The number of thiophene rings is 1. The number of carbonyl (C=O) groups is 1. The van der Waals surface area contributed by atoms with Crippen molar-refractivity contribution in [2.45, 2.75) is 32.6 Å². The van der Waals surface area contributed by atoms with Gasteiger partial charge in [-0.25, -0.2) is 14.6 Å². The number of ether oxygens (including phenoxy) is 1. The molecule has 0 radical (unpaired) electrons. The zero-order valence-corrected chi connectivity index (χ0v) is 29.0. The number of allylic oxidation sites excluding steroid dienone is 2.